The lowest BCUT2D eigenvalue weighted by Gasteiger charge is -2.16. The summed E-state index contributed by atoms with van der Waals surface area (Å²) in [5.74, 6) is -0.0646. The zero-order valence-corrected chi connectivity index (χ0v) is 10.3. The molecule has 0 radical (unpaired) electrons. The third-order valence-corrected chi connectivity index (χ3v) is 3.03. The minimum atomic E-state index is -0.589. The first-order valence-electron chi connectivity index (χ1n) is 6.05. The molecule has 1 aliphatic carbocycles. The van der Waals surface area contributed by atoms with Gasteiger partial charge in [0.1, 0.15) is 12.5 Å². The highest BCUT2D eigenvalue weighted by Gasteiger charge is 2.23. The predicted molar refractivity (Wildman–Crippen MR) is 67.6 cm³/mol. The van der Waals surface area contributed by atoms with Crippen molar-refractivity contribution in [3.63, 3.8) is 0 Å². The fraction of sp³-hybridized carbons (Fsp3) is 0.385. The first kappa shape index (κ1) is 13.3. The van der Waals surface area contributed by atoms with E-state index in [2.05, 4.69) is 15.6 Å². The number of nitrogens with one attached hydrogen (secondary N) is 2. The Hall–Kier alpha value is -2.16. The van der Waals surface area contributed by atoms with Crippen molar-refractivity contribution in [3.8, 4) is 6.19 Å². The second-order valence-electron chi connectivity index (χ2n) is 4.23. The number of hydrogen-bond acceptors (Lipinski definition) is 2. The van der Waals surface area contributed by atoms with Crippen molar-refractivity contribution in [2.24, 2.45) is 4.99 Å². The highest BCUT2D eigenvalue weighted by molar-refractivity contribution is 5.81. The Balaban J connectivity index is 2.12. The Morgan fingerprint density at radius 3 is 3.11 bits per heavy atom. The van der Waals surface area contributed by atoms with E-state index in [-0.39, 0.29) is 24.4 Å². The van der Waals surface area contributed by atoms with E-state index < -0.39 is 6.67 Å². The molecule has 2 N–H and O–H groups in total. The average molecular weight is 264 g/mol. The van der Waals surface area contributed by atoms with E-state index >= 15 is 0 Å². The molecule has 0 fully saturated rings. The number of fused-ring (bicyclic) bond motifs is 1. The Kier molecular flexibility index (Phi) is 4.29. The Morgan fingerprint density at radius 1 is 1.53 bits per heavy atom. The molecule has 4 nitrogen and oxygen atoms in total. The van der Waals surface area contributed by atoms with Crippen LogP contribution < -0.4 is 10.6 Å². The normalized spacial score (nSPS) is 17.7. The lowest BCUT2D eigenvalue weighted by Crippen LogP contribution is -2.36. The smallest absolute Gasteiger partial charge is 0.205 e. The van der Waals surface area contributed by atoms with Crippen LogP contribution in [0.15, 0.2) is 23.2 Å². The molecule has 0 heterocycles. The van der Waals surface area contributed by atoms with E-state index in [0.29, 0.717) is 0 Å². The first-order chi connectivity index (χ1) is 9.24. The fourth-order valence-corrected chi connectivity index (χ4v) is 2.22. The summed E-state index contributed by atoms with van der Waals surface area (Å²) in [6, 6.07) is 4.58. The highest BCUT2D eigenvalue weighted by Crippen LogP contribution is 2.31. The summed E-state index contributed by atoms with van der Waals surface area (Å²) >= 11 is 0. The summed E-state index contributed by atoms with van der Waals surface area (Å²) in [7, 11) is 0. The van der Waals surface area contributed by atoms with Crippen LogP contribution in [0.25, 0.3) is 0 Å². The molecule has 0 amide bonds. The van der Waals surface area contributed by atoms with Crippen LogP contribution in [0.3, 0.4) is 0 Å². The van der Waals surface area contributed by atoms with Crippen LogP contribution in [-0.2, 0) is 6.42 Å². The minimum Gasteiger partial charge on any atom is -0.349 e. The number of alkyl halides is 1. The summed E-state index contributed by atoms with van der Waals surface area (Å²) in [5.41, 5.74) is 1.95. The predicted octanol–water partition coefficient (Wildman–Crippen LogP) is 1.80. The van der Waals surface area contributed by atoms with E-state index in [1.807, 2.05) is 0 Å². The van der Waals surface area contributed by atoms with Crippen LogP contribution in [0.4, 0.5) is 8.78 Å². The number of halogens is 2. The van der Waals surface area contributed by atoms with Gasteiger partial charge < -0.3 is 5.32 Å². The summed E-state index contributed by atoms with van der Waals surface area (Å²) in [6.45, 7) is -0.603. The van der Waals surface area contributed by atoms with Gasteiger partial charge in [0.2, 0.25) is 5.96 Å². The van der Waals surface area contributed by atoms with Crippen molar-refractivity contribution in [1.82, 2.24) is 10.6 Å². The van der Waals surface area contributed by atoms with E-state index in [4.69, 9.17) is 5.26 Å². The average Bonchev–Trinajstić information content (AvgIpc) is 2.79. The number of hydrogen-bond donors (Lipinski definition) is 2. The number of nitriles is 1. The molecule has 1 unspecified atom stereocenters. The van der Waals surface area contributed by atoms with Crippen LogP contribution in [0.5, 0.6) is 0 Å². The number of aryl methyl sites for hydroxylation is 1. The Labute approximate surface area is 110 Å². The third-order valence-electron chi connectivity index (χ3n) is 3.03. The van der Waals surface area contributed by atoms with Gasteiger partial charge in [-0.25, -0.2) is 13.8 Å². The summed E-state index contributed by atoms with van der Waals surface area (Å²) in [6.07, 6.45) is 3.38. The Bertz CT molecular complexity index is 522. The lowest BCUT2D eigenvalue weighted by molar-refractivity contribution is 0.503. The molecule has 1 aromatic rings. The van der Waals surface area contributed by atoms with Gasteiger partial charge in [0.15, 0.2) is 6.19 Å². The second kappa shape index (κ2) is 6.14. The molecule has 0 spiro atoms. The van der Waals surface area contributed by atoms with Crippen molar-refractivity contribution < 1.29 is 8.78 Å². The molecular weight excluding hydrogens is 250 g/mol. The molecule has 6 heteroatoms. The molecule has 1 aromatic carbocycles. The van der Waals surface area contributed by atoms with Gasteiger partial charge in [-0.1, -0.05) is 6.07 Å². The van der Waals surface area contributed by atoms with Crippen molar-refractivity contribution in [3.05, 3.63) is 35.1 Å². The van der Waals surface area contributed by atoms with E-state index in [1.54, 1.807) is 12.3 Å². The van der Waals surface area contributed by atoms with Gasteiger partial charge in [-0.3, -0.25) is 5.32 Å². The summed E-state index contributed by atoms with van der Waals surface area (Å²) in [5, 5.41) is 14.0. The maximum absolute atomic E-state index is 13.2. The van der Waals surface area contributed by atoms with Crippen LogP contribution in [0, 0.1) is 17.3 Å². The van der Waals surface area contributed by atoms with Crippen LogP contribution >= 0.6 is 0 Å². The Morgan fingerprint density at radius 2 is 2.37 bits per heavy atom. The van der Waals surface area contributed by atoms with Gasteiger partial charge in [-0.05, 0) is 36.1 Å². The van der Waals surface area contributed by atoms with Gasteiger partial charge in [-0.15, -0.1) is 0 Å². The van der Waals surface area contributed by atoms with Crippen LogP contribution in [-0.4, -0.2) is 19.2 Å². The topological polar surface area (TPSA) is 60.2 Å². The number of guanidine groups is 1. The van der Waals surface area contributed by atoms with Gasteiger partial charge >= 0.3 is 0 Å². The van der Waals surface area contributed by atoms with Gasteiger partial charge in [-0.2, -0.15) is 5.26 Å². The molecule has 1 aliphatic rings. The van der Waals surface area contributed by atoms with E-state index in [0.717, 1.165) is 24.0 Å². The number of nitrogens with zero attached hydrogens (tertiary/aromatic N) is 2. The fourth-order valence-electron chi connectivity index (χ4n) is 2.22. The molecular formula is C13H14F2N4. The van der Waals surface area contributed by atoms with Gasteiger partial charge in [0.25, 0.3) is 0 Å². The van der Waals surface area contributed by atoms with Gasteiger partial charge in [0, 0.05) is 0 Å². The minimum absolute atomic E-state index is 0.0141. The molecule has 0 aliphatic heterocycles. The zero-order valence-electron chi connectivity index (χ0n) is 10.3. The van der Waals surface area contributed by atoms with Crippen LogP contribution in [0.1, 0.15) is 23.6 Å². The largest absolute Gasteiger partial charge is 0.349 e. The quantitative estimate of drug-likeness (QED) is 0.379. The molecule has 0 bridgehead atoms. The maximum Gasteiger partial charge on any atom is 0.205 e. The van der Waals surface area contributed by atoms with E-state index in [9.17, 15) is 8.78 Å². The van der Waals surface area contributed by atoms with Crippen molar-refractivity contribution >= 4 is 5.96 Å². The lowest BCUT2D eigenvalue weighted by atomic mass is 10.1. The third kappa shape index (κ3) is 3.19. The monoisotopic (exact) mass is 264 g/mol. The van der Waals surface area contributed by atoms with Crippen molar-refractivity contribution in [2.75, 3.05) is 13.2 Å². The number of rotatable bonds is 3. The first-order valence-corrected chi connectivity index (χ1v) is 6.05. The molecule has 0 saturated carbocycles. The standard InChI is InChI=1S/C13H14F2N4/c14-5-6-17-13(18-8-16)19-12-4-2-9-1-3-10(15)7-11(9)12/h1,3,7,12H,2,4-6H2,(H2,17,18,19). The maximum atomic E-state index is 13.2. The molecule has 1 atom stereocenters. The second-order valence-corrected chi connectivity index (χ2v) is 4.23. The molecule has 0 aromatic heterocycles. The number of benzene rings is 1. The molecule has 100 valence electrons. The van der Waals surface area contributed by atoms with Gasteiger partial charge in [0.05, 0.1) is 12.6 Å². The van der Waals surface area contributed by atoms with Crippen molar-refractivity contribution in [1.29, 1.82) is 5.26 Å². The number of aliphatic imine (C=N–C) groups is 1. The van der Waals surface area contributed by atoms with E-state index in [1.165, 1.54) is 12.1 Å². The van der Waals surface area contributed by atoms with Crippen LogP contribution in [0.2, 0.25) is 0 Å². The van der Waals surface area contributed by atoms with Crippen molar-refractivity contribution in [2.45, 2.75) is 18.9 Å². The zero-order chi connectivity index (χ0) is 13.7. The molecule has 2 rings (SSSR count). The summed E-state index contributed by atoms with van der Waals surface area (Å²) in [4.78, 5) is 3.89. The highest BCUT2D eigenvalue weighted by atomic mass is 19.1. The SMILES string of the molecule is N#CNC(=NCCF)NC1CCc2ccc(F)cc21. The summed E-state index contributed by atoms with van der Waals surface area (Å²) < 4.78 is 25.4. The molecule has 19 heavy (non-hydrogen) atoms. The molecule has 0 saturated heterocycles.